The van der Waals surface area contributed by atoms with Crippen LogP contribution >= 0.6 is 11.6 Å². The number of ether oxygens (including phenoxy) is 2. The molecule has 18 heavy (non-hydrogen) atoms. The van der Waals surface area contributed by atoms with Gasteiger partial charge in [-0.3, -0.25) is 0 Å². The molecule has 0 radical (unpaired) electrons. The molecule has 0 aromatic heterocycles. The van der Waals surface area contributed by atoms with E-state index in [1.54, 1.807) is 0 Å². The van der Waals surface area contributed by atoms with Gasteiger partial charge in [-0.05, 0) is 19.3 Å². The van der Waals surface area contributed by atoms with E-state index in [1.165, 1.54) is 32.1 Å². The minimum atomic E-state index is 0.429. The van der Waals surface area contributed by atoms with Gasteiger partial charge >= 0.3 is 0 Å². The molecule has 0 aromatic carbocycles. The van der Waals surface area contributed by atoms with E-state index in [9.17, 15) is 0 Å². The molecule has 108 valence electrons. The molecule has 2 nitrogen and oxygen atoms in total. The fourth-order valence-corrected chi connectivity index (χ4v) is 1.74. The van der Waals surface area contributed by atoms with Gasteiger partial charge in [-0.15, -0.1) is 11.6 Å². The highest BCUT2D eigenvalue weighted by Gasteiger charge is 1.91. The second kappa shape index (κ2) is 16.9. The molecule has 3 heteroatoms. The Labute approximate surface area is 118 Å². The average Bonchev–Trinajstić information content (AvgIpc) is 2.39. The van der Waals surface area contributed by atoms with E-state index in [4.69, 9.17) is 21.1 Å². The van der Waals surface area contributed by atoms with Crippen LogP contribution in [-0.2, 0) is 9.47 Å². The Morgan fingerprint density at radius 2 is 1.50 bits per heavy atom. The smallest absolute Gasteiger partial charge is 0.146 e. The van der Waals surface area contributed by atoms with E-state index in [0.29, 0.717) is 12.7 Å². The van der Waals surface area contributed by atoms with E-state index in [-0.39, 0.29) is 0 Å². The van der Waals surface area contributed by atoms with Crippen LogP contribution in [0.4, 0.5) is 0 Å². The van der Waals surface area contributed by atoms with Gasteiger partial charge in [-0.25, -0.2) is 0 Å². The van der Waals surface area contributed by atoms with E-state index in [0.717, 1.165) is 32.5 Å². The molecule has 0 atom stereocenters. The molecule has 0 N–H and O–H groups in total. The molecule has 0 rings (SSSR count). The van der Waals surface area contributed by atoms with Crippen molar-refractivity contribution < 1.29 is 9.47 Å². The molecule has 0 aromatic rings. The lowest BCUT2D eigenvalue weighted by molar-refractivity contribution is -0.0531. The van der Waals surface area contributed by atoms with Gasteiger partial charge in [0.2, 0.25) is 0 Å². The van der Waals surface area contributed by atoms with Crippen molar-refractivity contribution in [2.45, 2.75) is 58.3 Å². The molecule has 0 unspecified atom stereocenters. The van der Waals surface area contributed by atoms with Gasteiger partial charge in [-0.1, -0.05) is 51.2 Å². The number of unbranched alkanes of at least 4 members (excludes halogenated alkanes) is 5. The molecule has 0 saturated heterocycles. The highest BCUT2D eigenvalue weighted by molar-refractivity contribution is 6.17. The zero-order valence-electron chi connectivity index (χ0n) is 11.8. The molecule has 0 amide bonds. The monoisotopic (exact) mass is 276 g/mol. The van der Waals surface area contributed by atoms with Crippen molar-refractivity contribution in [1.82, 2.24) is 0 Å². The summed E-state index contributed by atoms with van der Waals surface area (Å²) in [6, 6.07) is 0. The SMILES string of the molecule is CCCCCCCCOCOCCC=CCCCl. The molecular formula is C15H29ClO2. The van der Waals surface area contributed by atoms with Gasteiger partial charge in [-0.2, -0.15) is 0 Å². The minimum Gasteiger partial charge on any atom is -0.355 e. The van der Waals surface area contributed by atoms with Gasteiger partial charge in [0.1, 0.15) is 6.79 Å². The van der Waals surface area contributed by atoms with Crippen LogP contribution in [0.2, 0.25) is 0 Å². The molecule has 0 aliphatic carbocycles. The largest absolute Gasteiger partial charge is 0.355 e. The quantitative estimate of drug-likeness (QED) is 0.194. The summed E-state index contributed by atoms with van der Waals surface area (Å²) in [7, 11) is 0. The maximum absolute atomic E-state index is 5.55. The van der Waals surface area contributed by atoms with E-state index >= 15 is 0 Å². The van der Waals surface area contributed by atoms with Crippen LogP contribution in [-0.4, -0.2) is 25.9 Å². The summed E-state index contributed by atoms with van der Waals surface area (Å²) >= 11 is 5.55. The predicted octanol–water partition coefficient (Wildman–Crippen LogP) is 4.91. The van der Waals surface area contributed by atoms with Gasteiger partial charge in [0.15, 0.2) is 0 Å². The first-order valence-electron chi connectivity index (χ1n) is 7.28. The Bertz CT molecular complexity index is 172. The van der Waals surface area contributed by atoms with Crippen LogP contribution in [0.15, 0.2) is 12.2 Å². The van der Waals surface area contributed by atoms with Crippen molar-refractivity contribution in [3.8, 4) is 0 Å². The molecule has 0 aliphatic heterocycles. The van der Waals surface area contributed by atoms with Crippen molar-refractivity contribution in [3.63, 3.8) is 0 Å². The Balaban J connectivity index is 2.94. The molecule has 0 heterocycles. The summed E-state index contributed by atoms with van der Waals surface area (Å²) in [6.07, 6.45) is 13.9. The van der Waals surface area contributed by atoms with Crippen LogP contribution in [0.25, 0.3) is 0 Å². The Kier molecular flexibility index (Phi) is 16.9. The van der Waals surface area contributed by atoms with Crippen molar-refractivity contribution >= 4 is 11.6 Å². The summed E-state index contributed by atoms with van der Waals surface area (Å²) in [4.78, 5) is 0. The van der Waals surface area contributed by atoms with E-state index in [1.807, 2.05) is 0 Å². The van der Waals surface area contributed by atoms with Crippen LogP contribution in [0.3, 0.4) is 0 Å². The third-order valence-electron chi connectivity index (χ3n) is 2.68. The zero-order chi connectivity index (χ0) is 13.3. The lowest BCUT2D eigenvalue weighted by Gasteiger charge is -2.04. The lowest BCUT2D eigenvalue weighted by Crippen LogP contribution is -2.02. The number of rotatable bonds is 14. The lowest BCUT2D eigenvalue weighted by atomic mass is 10.1. The normalized spacial score (nSPS) is 11.4. The summed E-state index contributed by atoms with van der Waals surface area (Å²) in [6.45, 7) is 4.23. The standard InChI is InChI=1S/C15H29ClO2/c1-2-3-4-5-7-10-13-17-15-18-14-11-8-6-9-12-16/h6,8H,2-5,7,9-15H2,1H3. The van der Waals surface area contributed by atoms with Crippen LogP contribution in [0, 0.1) is 0 Å². The zero-order valence-corrected chi connectivity index (χ0v) is 12.6. The molecule has 0 saturated carbocycles. The number of hydrogen-bond donors (Lipinski definition) is 0. The number of allylic oxidation sites excluding steroid dienone is 1. The van der Waals surface area contributed by atoms with E-state index < -0.39 is 0 Å². The fourth-order valence-electron chi connectivity index (χ4n) is 1.61. The highest BCUT2D eigenvalue weighted by Crippen LogP contribution is 2.04. The van der Waals surface area contributed by atoms with Gasteiger partial charge in [0.25, 0.3) is 0 Å². The third kappa shape index (κ3) is 16.0. The fraction of sp³-hybridized carbons (Fsp3) is 0.867. The van der Waals surface area contributed by atoms with Crippen LogP contribution in [0.5, 0.6) is 0 Å². The van der Waals surface area contributed by atoms with Gasteiger partial charge in [0.05, 0.1) is 6.61 Å². The summed E-state index contributed by atoms with van der Waals surface area (Å²) in [5.41, 5.74) is 0. The molecule has 0 bridgehead atoms. The first-order chi connectivity index (χ1) is 8.91. The molecular weight excluding hydrogens is 248 g/mol. The second-order valence-electron chi connectivity index (χ2n) is 4.44. The maximum atomic E-state index is 5.55. The topological polar surface area (TPSA) is 18.5 Å². The maximum Gasteiger partial charge on any atom is 0.146 e. The predicted molar refractivity (Wildman–Crippen MR) is 79.2 cm³/mol. The van der Waals surface area contributed by atoms with Crippen LogP contribution < -0.4 is 0 Å². The number of alkyl halides is 1. The molecule has 0 spiro atoms. The van der Waals surface area contributed by atoms with Gasteiger partial charge < -0.3 is 9.47 Å². The Morgan fingerprint density at radius 1 is 0.833 bits per heavy atom. The van der Waals surface area contributed by atoms with Crippen molar-refractivity contribution in [3.05, 3.63) is 12.2 Å². The first kappa shape index (κ1) is 17.9. The molecule has 0 aliphatic rings. The summed E-state index contributed by atoms with van der Waals surface area (Å²) < 4.78 is 10.8. The highest BCUT2D eigenvalue weighted by atomic mass is 35.5. The second-order valence-corrected chi connectivity index (χ2v) is 4.82. The van der Waals surface area contributed by atoms with Crippen molar-refractivity contribution in [2.75, 3.05) is 25.9 Å². The number of halogens is 1. The Morgan fingerprint density at radius 3 is 2.28 bits per heavy atom. The van der Waals surface area contributed by atoms with E-state index in [2.05, 4.69) is 19.1 Å². The number of hydrogen-bond acceptors (Lipinski definition) is 2. The summed E-state index contributed by atoms with van der Waals surface area (Å²) in [5.74, 6) is 0.693. The average molecular weight is 277 g/mol. The third-order valence-corrected chi connectivity index (χ3v) is 2.90. The van der Waals surface area contributed by atoms with Crippen LogP contribution in [0.1, 0.15) is 58.3 Å². The minimum absolute atomic E-state index is 0.429. The summed E-state index contributed by atoms with van der Waals surface area (Å²) in [5, 5.41) is 0. The first-order valence-corrected chi connectivity index (χ1v) is 7.81. The Hall–Kier alpha value is -0.0500. The van der Waals surface area contributed by atoms with Crippen molar-refractivity contribution in [2.24, 2.45) is 0 Å². The van der Waals surface area contributed by atoms with Crippen molar-refractivity contribution in [1.29, 1.82) is 0 Å². The molecule has 0 fully saturated rings. The van der Waals surface area contributed by atoms with Gasteiger partial charge in [0, 0.05) is 12.5 Å².